The van der Waals surface area contributed by atoms with Crippen molar-refractivity contribution in [3.63, 3.8) is 0 Å². The summed E-state index contributed by atoms with van der Waals surface area (Å²) < 4.78 is 37.2. The van der Waals surface area contributed by atoms with Crippen LogP contribution in [0.25, 0.3) is 0 Å². The van der Waals surface area contributed by atoms with E-state index < -0.39 is 12.1 Å². The molecule has 0 unspecified atom stereocenters. The summed E-state index contributed by atoms with van der Waals surface area (Å²) in [4.78, 5) is 17.6. The van der Waals surface area contributed by atoms with Crippen molar-refractivity contribution in [3.05, 3.63) is 41.8 Å². The molecule has 10 heteroatoms. The average molecular weight is 452 g/mol. The Balaban J connectivity index is 0.000000307. The largest absolute Gasteiger partial charge is 0.490 e. The van der Waals surface area contributed by atoms with E-state index in [2.05, 4.69) is 15.1 Å². The Morgan fingerprint density at radius 1 is 1.16 bits per heavy atom. The normalized spacial score (nSPS) is 29.3. The lowest BCUT2D eigenvalue weighted by molar-refractivity contribution is -0.192. The second-order valence-electron chi connectivity index (χ2n) is 9.61. The minimum Gasteiger partial charge on any atom is -0.475 e. The Bertz CT molecular complexity index is 897. The standard InChI is InChI=1S/C20H26N4O.C2HF3O2/c21-17(8-13-1-3-22-4-2-13)19-23-18(24-25-19)12-20-9-14-5-15(10-20)7-16(6-14)11-20;3-2(4,5)1(6)7/h1-4,14-17H,5-12,21H2;(H,6,7)/t14?,15?,16?,17-,20?;/m0./s1. The maximum atomic E-state index is 10.6. The van der Waals surface area contributed by atoms with Gasteiger partial charge in [0.1, 0.15) is 0 Å². The number of alkyl halides is 3. The van der Waals surface area contributed by atoms with Crippen molar-refractivity contribution in [1.82, 2.24) is 15.1 Å². The van der Waals surface area contributed by atoms with Crippen LogP contribution in [0.1, 0.15) is 61.8 Å². The summed E-state index contributed by atoms with van der Waals surface area (Å²) in [6.45, 7) is 0. The Kier molecular flexibility index (Phi) is 6.24. The van der Waals surface area contributed by atoms with Crippen molar-refractivity contribution in [1.29, 1.82) is 0 Å². The average Bonchev–Trinajstić information content (AvgIpc) is 3.15. The number of nitrogens with two attached hydrogens (primary N) is 1. The molecule has 0 aromatic carbocycles. The van der Waals surface area contributed by atoms with Crippen LogP contribution < -0.4 is 5.73 Å². The molecular weight excluding hydrogens is 425 g/mol. The molecule has 4 aliphatic carbocycles. The van der Waals surface area contributed by atoms with E-state index in [1.807, 2.05) is 12.1 Å². The summed E-state index contributed by atoms with van der Waals surface area (Å²) in [6.07, 6.45) is 8.66. The maximum absolute atomic E-state index is 10.6. The minimum absolute atomic E-state index is 0.250. The predicted molar refractivity (Wildman–Crippen MR) is 107 cm³/mol. The van der Waals surface area contributed by atoms with Crippen molar-refractivity contribution < 1.29 is 27.6 Å². The molecule has 0 spiro atoms. The van der Waals surface area contributed by atoms with Gasteiger partial charge in [-0.05, 0) is 85.8 Å². The number of carboxylic acids is 1. The van der Waals surface area contributed by atoms with Gasteiger partial charge in [-0.3, -0.25) is 4.98 Å². The first-order valence-corrected chi connectivity index (χ1v) is 10.9. The molecular formula is C22H27F3N4O3. The summed E-state index contributed by atoms with van der Waals surface area (Å²) in [5, 5.41) is 11.4. The fourth-order valence-corrected chi connectivity index (χ4v) is 6.19. The minimum atomic E-state index is -5.08. The van der Waals surface area contributed by atoms with Crippen molar-refractivity contribution in [3.8, 4) is 0 Å². The highest BCUT2D eigenvalue weighted by Gasteiger charge is 2.51. The first kappa shape index (κ1) is 22.7. The highest BCUT2D eigenvalue weighted by molar-refractivity contribution is 5.73. The van der Waals surface area contributed by atoms with E-state index in [4.69, 9.17) is 20.2 Å². The van der Waals surface area contributed by atoms with Crippen LogP contribution in [0.2, 0.25) is 0 Å². The number of rotatable bonds is 5. The number of carbonyl (C=O) groups is 1. The van der Waals surface area contributed by atoms with Gasteiger partial charge in [-0.25, -0.2) is 4.79 Å². The number of nitrogens with zero attached hydrogens (tertiary/aromatic N) is 3. The fourth-order valence-electron chi connectivity index (χ4n) is 6.19. The van der Waals surface area contributed by atoms with Gasteiger partial charge < -0.3 is 15.4 Å². The van der Waals surface area contributed by atoms with E-state index in [0.717, 1.165) is 35.6 Å². The number of aromatic nitrogens is 3. The molecule has 2 heterocycles. The van der Waals surface area contributed by atoms with Crippen molar-refractivity contribution in [2.24, 2.45) is 28.9 Å². The number of carboxylic acid groups (broad SMARTS) is 1. The highest BCUT2D eigenvalue weighted by atomic mass is 19.4. The molecule has 2 aromatic heterocycles. The van der Waals surface area contributed by atoms with Crippen LogP contribution in [0.15, 0.2) is 29.0 Å². The predicted octanol–water partition coefficient (Wildman–Crippen LogP) is 4.10. The molecule has 0 radical (unpaired) electrons. The highest BCUT2D eigenvalue weighted by Crippen LogP contribution is 2.60. The summed E-state index contributed by atoms with van der Waals surface area (Å²) in [6, 6.07) is 3.71. The molecule has 3 N–H and O–H groups in total. The molecule has 4 bridgehead atoms. The molecule has 1 atom stereocenters. The zero-order valence-electron chi connectivity index (χ0n) is 17.6. The van der Waals surface area contributed by atoms with Gasteiger partial charge in [0.2, 0.25) is 5.89 Å². The van der Waals surface area contributed by atoms with Crippen LogP contribution in [-0.4, -0.2) is 32.4 Å². The summed E-state index contributed by atoms with van der Waals surface area (Å²) in [7, 11) is 0. The van der Waals surface area contributed by atoms with Gasteiger partial charge in [0.25, 0.3) is 0 Å². The number of aliphatic carboxylic acids is 1. The molecule has 6 rings (SSSR count). The molecule has 174 valence electrons. The zero-order chi connectivity index (χ0) is 22.9. The molecule has 4 aliphatic rings. The molecule has 4 fully saturated rings. The quantitative estimate of drug-likeness (QED) is 0.702. The van der Waals surface area contributed by atoms with E-state index >= 15 is 0 Å². The molecule has 7 nitrogen and oxygen atoms in total. The van der Waals surface area contributed by atoms with Crippen LogP contribution in [0, 0.1) is 23.2 Å². The summed E-state index contributed by atoms with van der Waals surface area (Å²) in [5.74, 6) is 1.52. The summed E-state index contributed by atoms with van der Waals surface area (Å²) >= 11 is 0. The lowest BCUT2D eigenvalue weighted by Crippen LogP contribution is -2.47. The fraction of sp³-hybridized carbons (Fsp3) is 0.636. The second-order valence-corrected chi connectivity index (χ2v) is 9.61. The van der Waals surface area contributed by atoms with Crippen molar-refractivity contribution in [2.75, 3.05) is 0 Å². The SMILES string of the molecule is N[C@@H](Cc1ccncc1)c1nc(CC23CC4CC(CC(C4)C2)C3)no1.O=C(O)C(F)(F)F. The van der Waals surface area contributed by atoms with Gasteiger partial charge in [-0.2, -0.15) is 18.2 Å². The molecule has 0 aliphatic heterocycles. The van der Waals surface area contributed by atoms with E-state index in [0.29, 0.717) is 17.7 Å². The monoisotopic (exact) mass is 452 g/mol. The van der Waals surface area contributed by atoms with Crippen LogP contribution in [0.4, 0.5) is 13.2 Å². The first-order valence-electron chi connectivity index (χ1n) is 10.9. The van der Waals surface area contributed by atoms with E-state index in [9.17, 15) is 13.2 Å². The van der Waals surface area contributed by atoms with Gasteiger partial charge >= 0.3 is 12.1 Å². The van der Waals surface area contributed by atoms with E-state index in [-0.39, 0.29) is 6.04 Å². The third kappa shape index (κ3) is 5.28. The summed E-state index contributed by atoms with van der Waals surface area (Å²) in [5.41, 5.74) is 7.86. The first-order chi connectivity index (χ1) is 15.1. The van der Waals surface area contributed by atoms with Gasteiger partial charge in [0.15, 0.2) is 5.82 Å². The van der Waals surface area contributed by atoms with Gasteiger partial charge in [-0.1, -0.05) is 5.16 Å². The Morgan fingerprint density at radius 2 is 1.69 bits per heavy atom. The van der Waals surface area contributed by atoms with Gasteiger partial charge in [0.05, 0.1) is 6.04 Å². The molecule has 0 amide bonds. The Labute approximate surface area is 183 Å². The molecule has 2 aromatic rings. The van der Waals surface area contributed by atoms with E-state index in [1.165, 1.54) is 38.5 Å². The smallest absolute Gasteiger partial charge is 0.475 e. The molecule has 0 saturated heterocycles. The molecule has 32 heavy (non-hydrogen) atoms. The lowest BCUT2D eigenvalue weighted by Gasteiger charge is -2.56. The second kappa shape index (κ2) is 8.80. The molecule has 4 saturated carbocycles. The van der Waals surface area contributed by atoms with Crippen LogP contribution in [0.5, 0.6) is 0 Å². The number of halogens is 3. The van der Waals surface area contributed by atoms with Gasteiger partial charge in [0, 0.05) is 18.8 Å². The van der Waals surface area contributed by atoms with Crippen molar-refractivity contribution in [2.45, 2.75) is 63.6 Å². The van der Waals surface area contributed by atoms with Crippen LogP contribution >= 0.6 is 0 Å². The maximum Gasteiger partial charge on any atom is 0.490 e. The van der Waals surface area contributed by atoms with Crippen molar-refractivity contribution >= 4 is 5.97 Å². The third-order valence-corrected chi connectivity index (χ3v) is 6.95. The topological polar surface area (TPSA) is 115 Å². The Hall–Kier alpha value is -2.49. The van der Waals surface area contributed by atoms with E-state index in [1.54, 1.807) is 12.4 Å². The number of hydrogen-bond acceptors (Lipinski definition) is 6. The third-order valence-electron chi connectivity index (χ3n) is 6.95. The van der Waals surface area contributed by atoms with Gasteiger partial charge in [-0.15, -0.1) is 0 Å². The van der Waals surface area contributed by atoms with Crippen LogP contribution in [0.3, 0.4) is 0 Å². The zero-order valence-corrected chi connectivity index (χ0v) is 17.6. The van der Waals surface area contributed by atoms with Crippen LogP contribution in [-0.2, 0) is 17.6 Å². The number of hydrogen-bond donors (Lipinski definition) is 2. The number of pyridine rings is 1. The Morgan fingerprint density at radius 3 is 2.19 bits per heavy atom. The lowest BCUT2D eigenvalue weighted by atomic mass is 9.49.